The van der Waals surface area contributed by atoms with Crippen LogP contribution < -0.4 is 4.90 Å². The third kappa shape index (κ3) is 3.28. The minimum Gasteiger partial charge on any atom is -0.361 e. The lowest BCUT2D eigenvalue weighted by molar-refractivity contribution is -0.117. The normalized spacial score (nSPS) is 14.8. The van der Waals surface area contributed by atoms with E-state index in [-0.39, 0.29) is 11.2 Å². The Balaban J connectivity index is 1.38. The zero-order valence-electron chi connectivity index (χ0n) is 17.4. The standard InChI is InChI=1S/C26H25N3O/c1-26(2)17-29(20-9-11-27-12-10-20)25-8-7-18(14-23(25)26)13-21(30)15-19-16-28-24-6-4-3-5-22(19)24/h3-12,14,16,28H,13,15,17H2,1-2H3. The fraction of sp³-hybridized carbons (Fsp3) is 0.231. The van der Waals surface area contributed by atoms with Crippen molar-refractivity contribution in [2.75, 3.05) is 11.4 Å². The van der Waals surface area contributed by atoms with E-state index in [0.29, 0.717) is 12.8 Å². The molecule has 0 spiro atoms. The number of ketones is 1. The first kappa shape index (κ1) is 18.6. The molecule has 2 aromatic heterocycles. The fourth-order valence-corrected chi connectivity index (χ4v) is 4.57. The van der Waals surface area contributed by atoms with Crippen LogP contribution >= 0.6 is 0 Å². The van der Waals surface area contributed by atoms with E-state index in [4.69, 9.17) is 0 Å². The van der Waals surface area contributed by atoms with Crippen molar-refractivity contribution in [3.63, 3.8) is 0 Å². The van der Waals surface area contributed by atoms with Crippen LogP contribution in [0.5, 0.6) is 0 Å². The third-order valence-electron chi connectivity index (χ3n) is 6.07. The van der Waals surface area contributed by atoms with Crippen molar-refractivity contribution in [2.24, 2.45) is 0 Å². The van der Waals surface area contributed by atoms with E-state index in [2.05, 4.69) is 53.0 Å². The number of pyridine rings is 1. The molecule has 4 aromatic rings. The molecule has 1 aliphatic heterocycles. The van der Waals surface area contributed by atoms with Crippen LogP contribution in [0.4, 0.5) is 11.4 Å². The summed E-state index contributed by atoms with van der Waals surface area (Å²) in [5.41, 5.74) is 6.94. The van der Waals surface area contributed by atoms with Crippen LogP contribution in [0.25, 0.3) is 10.9 Å². The van der Waals surface area contributed by atoms with Gasteiger partial charge in [0.1, 0.15) is 5.78 Å². The minimum atomic E-state index is 0.0223. The molecule has 30 heavy (non-hydrogen) atoms. The first-order valence-electron chi connectivity index (χ1n) is 10.4. The number of H-pyrrole nitrogens is 1. The topological polar surface area (TPSA) is 49.0 Å². The zero-order chi connectivity index (χ0) is 20.7. The Bertz CT molecular complexity index is 1220. The first-order chi connectivity index (χ1) is 14.5. The number of Topliss-reactive ketones (excluding diaryl/α,β-unsaturated/α-hetero) is 1. The van der Waals surface area contributed by atoms with Gasteiger partial charge in [0.25, 0.3) is 0 Å². The molecule has 1 aliphatic rings. The molecule has 0 fully saturated rings. The minimum absolute atomic E-state index is 0.0223. The van der Waals surface area contributed by atoms with Gasteiger partial charge in [-0.3, -0.25) is 9.78 Å². The predicted molar refractivity (Wildman–Crippen MR) is 121 cm³/mol. The Morgan fingerprint density at radius 3 is 2.70 bits per heavy atom. The number of rotatable bonds is 5. The summed E-state index contributed by atoms with van der Waals surface area (Å²) in [6, 6.07) is 18.7. The highest BCUT2D eigenvalue weighted by molar-refractivity contribution is 5.90. The molecule has 4 nitrogen and oxygen atoms in total. The molecule has 1 N–H and O–H groups in total. The first-order valence-corrected chi connectivity index (χ1v) is 10.4. The van der Waals surface area contributed by atoms with Gasteiger partial charge in [-0.25, -0.2) is 0 Å². The summed E-state index contributed by atoms with van der Waals surface area (Å²) >= 11 is 0. The predicted octanol–water partition coefficient (Wildman–Crippen LogP) is 5.35. The van der Waals surface area contributed by atoms with Gasteiger partial charge in [0.2, 0.25) is 0 Å². The van der Waals surface area contributed by atoms with Crippen molar-refractivity contribution in [3.8, 4) is 0 Å². The summed E-state index contributed by atoms with van der Waals surface area (Å²) < 4.78 is 0. The highest BCUT2D eigenvalue weighted by atomic mass is 16.1. The Morgan fingerprint density at radius 2 is 1.87 bits per heavy atom. The van der Waals surface area contributed by atoms with E-state index in [1.807, 2.05) is 48.9 Å². The van der Waals surface area contributed by atoms with Crippen LogP contribution in [0.15, 0.2) is 73.2 Å². The lowest BCUT2D eigenvalue weighted by atomic mass is 9.85. The van der Waals surface area contributed by atoms with Gasteiger partial charge in [-0.05, 0) is 41.0 Å². The van der Waals surface area contributed by atoms with E-state index in [0.717, 1.165) is 34.3 Å². The molecule has 0 atom stereocenters. The maximum atomic E-state index is 12.8. The molecule has 4 heteroatoms. The third-order valence-corrected chi connectivity index (χ3v) is 6.07. The summed E-state index contributed by atoms with van der Waals surface area (Å²) in [6.07, 6.45) is 6.53. The van der Waals surface area contributed by atoms with Gasteiger partial charge in [0.15, 0.2) is 0 Å². The number of carbonyl (C=O) groups excluding carboxylic acids is 1. The number of nitrogens with zero attached hydrogens (tertiary/aromatic N) is 2. The van der Waals surface area contributed by atoms with Crippen molar-refractivity contribution < 1.29 is 4.79 Å². The zero-order valence-corrected chi connectivity index (χ0v) is 17.4. The van der Waals surface area contributed by atoms with E-state index in [9.17, 15) is 4.79 Å². The lowest BCUT2D eigenvalue weighted by Gasteiger charge is -2.22. The van der Waals surface area contributed by atoms with Gasteiger partial charge in [0.05, 0.1) is 0 Å². The second kappa shape index (κ2) is 7.13. The summed E-state index contributed by atoms with van der Waals surface area (Å²) in [5, 5.41) is 1.13. The molecular weight excluding hydrogens is 370 g/mol. The molecule has 3 heterocycles. The monoisotopic (exact) mass is 395 g/mol. The number of benzene rings is 2. The van der Waals surface area contributed by atoms with Crippen LogP contribution in [-0.4, -0.2) is 22.3 Å². The number of aromatic nitrogens is 2. The molecule has 0 saturated heterocycles. The van der Waals surface area contributed by atoms with Gasteiger partial charge >= 0.3 is 0 Å². The number of hydrogen-bond donors (Lipinski definition) is 1. The van der Waals surface area contributed by atoms with E-state index < -0.39 is 0 Å². The second-order valence-electron chi connectivity index (χ2n) is 8.78. The van der Waals surface area contributed by atoms with Crippen molar-refractivity contribution in [1.82, 2.24) is 9.97 Å². The smallest absolute Gasteiger partial charge is 0.141 e. The number of fused-ring (bicyclic) bond motifs is 2. The summed E-state index contributed by atoms with van der Waals surface area (Å²) in [5.74, 6) is 0.237. The SMILES string of the molecule is CC1(C)CN(c2ccncc2)c2ccc(CC(=O)Cc3c[nH]c4ccccc34)cc21. The second-order valence-corrected chi connectivity index (χ2v) is 8.78. The summed E-state index contributed by atoms with van der Waals surface area (Å²) in [6.45, 7) is 5.45. The highest BCUT2D eigenvalue weighted by Crippen LogP contribution is 2.44. The van der Waals surface area contributed by atoms with Crippen LogP contribution in [0.3, 0.4) is 0 Å². The average molecular weight is 396 g/mol. The molecule has 0 amide bonds. The number of para-hydroxylation sites is 1. The number of anilines is 2. The Kier molecular flexibility index (Phi) is 4.43. The average Bonchev–Trinajstić information content (AvgIpc) is 3.27. The van der Waals surface area contributed by atoms with Crippen molar-refractivity contribution >= 4 is 28.1 Å². The number of hydrogen-bond acceptors (Lipinski definition) is 3. The Hall–Kier alpha value is -3.40. The number of carbonyl (C=O) groups is 1. The number of aromatic amines is 1. The molecule has 2 aromatic carbocycles. The van der Waals surface area contributed by atoms with Crippen LogP contribution in [0.1, 0.15) is 30.5 Å². The number of nitrogens with one attached hydrogen (secondary N) is 1. The largest absolute Gasteiger partial charge is 0.361 e. The molecule has 150 valence electrons. The van der Waals surface area contributed by atoms with Gasteiger partial charge < -0.3 is 9.88 Å². The van der Waals surface area contributed by atoms with Gasteiger partial charge in [-0.2, -0.15) is 0 Å². The molecular formula is C26H25N3O. The maximum Gasteiger partial charge on any atom is 0.141 e. The maximum absolute atomic E-state index is 12.8. The Morgan fingerprint density at radius 1 is 1.07 bits per heavy atom. The van der Waals surface area contributed by atoms with Gasteiger partial charge in [-0.1, -0.05) is 44.2 Å². The molecule has 0 bridgehead atoms. The Labute approximate surface area is 176 Å². The lowest BCUT2D eigenvalue weighted by Crippen LogP contribution is -2.25. The fourth-order valence-electron chi connectivity index (χ4n) is 4.57. The molecule has 0 saturated carbocycles. The molecule has 5 rings (SSSR count). The van der Waals surface area contributed by atoms with Crippen LogP contribution in [-0.2, 0) is 23.1 Å². The highest BCUT2D eigenvalue weighted by Gasteiger charge is 2.35. The quantitative estimate of drug-likeness (QED) is 0.496. The molecule has 0 radical (unpaired) electrons. The van der Waals surface area contributed by atoms with Gasteiger partial charge in [0, 0.05) is 65.7 Å². The molecule has 0 aliphatic carbocycles. The van der Waals surface area contributed by atoms with Gasteiger partial charge in [-0.15, -0.1) is 0 Å². The van der Waals surface area contributed by atoms with Crippen molar-refractivity contribution in [1.29, 1.82) is 0 Å². The van der Waals surface area contributed by atoms with Crippen molar-refractivity contribution in [2.45, 2.75) is 32.1 Å². The van der Waals surface area contributed by atoms with E-state index in [1.165, 1.54) is 11.3 Å². The summed E-state index contributed by atoms with van der Waals surface area (Å²) in [4.78, 5) is 22.6. The van der Waals surface area contributed by atoms with Crippen LogP contribution in [0, 0.1) is 0 Å². The van der Waals surface area contributed by atoms with E-state index >= 15 is 0 Å². The van der Waals surface area contributed by atoms with Crippen molar-refractivity contribution in [3.05, 3.63) is 89.9 Å². The summed E-state index contributed by atoms with van der Waals surface area (Å²) in [7, 11) is 0. The molecule has 0 unspecified atom stereocenters. The van der Waals surface area contributed by atoms with E-state index in [1.54, 1.807) is 0 Å². The van der Waals surface area contributed by atoms with Crippen LogP contribution in [0.2, 0.25) is 0 Å².